The summed E-state index contributed by atoms with van der Waals surface area (Å²) in [6, 6.07) is 6.59. The third-order valence-electron chi connectivity index (χ3n) is 5.27. The number of aromatic nitrogens is 1. The van der Waals surface area contributed by atoms with Crippen LogP contribution in [0.2, 0.25) is 0 Å². The molecule has 1 saturated carbocycles. The van der Waals surface area contributed by atoms with E-state index in [1.165, 1.54) is 22.5 Å². The number of thiazole rings is 1. The molecule has 26 heavy (non-hydrogen) atoms. The molecule has 1 aliphatic carbocycles. The van der Waals surface area contributed by atoms with E-state index in [1.807, 2.05) is 16.3 Å². The lowest BCUT2D eigenvalue weighted by Gasteiger charge is -2.14. The number of carbonyl (C=O) groups is 2. The number of hydrogen-bond donors (Lipinski definition) is 1. The number of rotatable bonds is 4. The fraction of sp³-hybridized carbons (Fsp3) is 0.421. The molecule has 6 nitrogen and oxygen atoms in total. The Morgan fingerprint density at radius 3 is 2.96 bits per heavy atom. The molecule has 7 heteroatoms. The van der Waals surface area contributed by atoms with Gasteiger partial charge in [-0.15, -0.1) is 11.3 Å². The highest BCUT2D eigenvalue weighted by Crippen LogP contribution is 2.33. The van der Waals surface area contributed by atoms with Crippen molar-refractivity contribution < 1.29 is 14.3 Å². The zero-order valence-electron chi connectivity index (χ0n) is 14.2. The fourth-order valence-electron chi connectivity index (χ4n) is 3.65. The van der Waals surface area contributed by atoms with Gasteiger partial charge in [0.25, 0.3) is 0 Å². The molecule has 2 aromatic rings. The SMILES string of the molecule is O=C(Nc1nc(-c2ccc3c(c2)COC3)cs1)[C@@H]1CC(=O)N(C2CC2)C1. The van der Waals surface area contributed by atoms with Gasteiger partial charge in [0.05, 0.1) is 24.8 Å². The number of nitrogens with zero attached hydrogens (tertiary/aromatic N) is 2. The second-order valence-electron chi connectivity index (χ2n) is 7.18. The Bertz CT molecular complexity index is 890. The van der Waals surface area contributed by atoms with Crippen LogP contribution < -0.4 is 5.32 Å². The van der Waals surface area contributed by atoms with E-state index in [-0.39, 0.29) is 17.7 Å². The fourth-order valence-corrected chi connectivity index (χ4v) is 4.37. The molecule has 2 aliphatic heterocycles. The summed E-state index contributed by atoms with van der Waals surface area (Å²) in [4.78, 5) is 31.0. The van der Waals surface area contributed by atoms with Gasteiger partial charge in [-0.2, -0.15) is 0 Å². The molecule has 1 atom stereocenters. The van der Waals surface area contributed by atoms with Gasteiger partial charge in [-0.3, -0.25) is 9.59 Å². The number of amides is 2. The maximum Gasteiger partial charge on any atom is 0.231 e. The predicted molar refractivity (Wildman–Crippen MR) is 97.5 cm³/mol. The van der Waals surface area contributed by atoms with Gasteiger partial charge in [-0.1, -0.05) is 12.1 Å². The maximum atomic E-state index is 12.5. The molecule has 1 aromatic heterocycles. The lowest BCUT2D eigenvalue weighted by molar-refractivity contribution is -0.128. The molecule has 3 heterocycles. The number of anilines is 1. The average molecular weight is 369 g/mol. The summed E-state index contributed by atoms with van der Waals surface area (Å²) in [7, 11) is 0. The molecule has 3 aliphatic rings. The second kappa shape index (κ2) is 6.17. The first-order valence-corrected chi connectivity index (χ1v) is 9.81. The monoisotopic (exact) mass is 369 g/mol. The molecule has 0 unspecified atom stereocenters. The predicted octanol–water partition coefficient (Wildman–Crippen LogP) is 2.79. The average Bonchev–Trinajstić information content (AvgIpc) is 3.05. The molecule has 2 fully saturated rings. The van der Waals surface area contributed by atoms with Crippen molar-refractivity contribution >= 4 is 28.3 Å². The number of benzene rings is 1. The molecule has 134 valence electrons. The first kappa shape index (κ1) is 16.0. The molecule has 5 rings (SSSR count). The van der Waals surface area contributed by atoms with Crippen LogP contribution >= 0.6 is 11.3 Å². The molecule has 1 N–H and O–H groups in total. The Morgan fingerprint density at radius 1 is 1.27 bits per heavy atom. The van der Waals surface area contributed by atoms with Crippen LogP contribution in [0.4, 0.5) is 5.13 Å². The Labute approximate surface area is 155 Å². The quantitative estimate of drug-likeness (QED) is 0.900. The van der Waals surface area contributed by atoms with Gasteiger partial charge in [0.1, 0.15) is 0 Å². The van der Waals surface area contributed by atoms with Crippen LogP contribution in [0.1, 0.15) is 30.4 Å². The lowest BCUT2D eigenvalue weighted by atomic mass is 10.1. The van der Waals surface area contributed by atoms with E-state index in [1.54, 1.807) is 0 Å². The van der Waals surface area contributed by atoms with Crippen molar-refractivity contribution in [3.8, 4) is 11.3 Å². The minimum absolute atomic E-state index is 0.104. The Balaban J connectivity index is 1.27. The summed E-state index contributed by atoms with van der Waals surface area (Å²) in [6.07, 6.45) is 2.45. The van der Waals surface area contributed by atoms with Crippen molar-refractivity contribution in [3.63, 3.8) is 0 Å². The van der Waals surface area contributed by atoms with Gasteiger partial charge in [0.2, 0.25) is 11.8 Å². The highest BCUT2D eigenvalue weighted by atomic mass is 32.1. The van der Waals surface area contributed by atoms with Gasteiger partial charge in [-0.05, 0) is 30.0 Å². The smallest absolute Gasteiger partial charge is 0.231 e. The van der Waals surface area contributed by atoms with Crippen molar-refractivity contribution in [2.45, 2.75) is 38.5 Å². The normalized spacial score (nSPS) is 21.9. The van der Waals surface area contributed by atoms with Gasteiger partial charge in [0.15, 0.2) is 5.13 Å². The minimum atomic E-state index is -0.271. The van der Waals surface area contributed by atoms with Crippen LogP contribution in [0.25, 0.3) is 11.3 Å². The number of ether oxygens (including phenoxy) is 1. The van der Waals surface area contributed by atoms with Crippen molar-refractivity contribution in [1.29, 1.82) is 0 Å². The summed E-state index contributed by atoms with van der Waals surface area (Å²) in [5.74, 6) is -0.273. The summed E-state index contributed by atoms with van der Waals surface area (Å²) in [5.41, 5.74) is 4.30. The third-order valence-corrected chi connectivity index (χ3v) is 6.03. The van der Waals surface area contributed by atoms with E-state index in [0.29, 0.717) is 37.4 Å². The molecule has 0 spiro atoms. The molecule has 2 amide bonds. The highest BCUT2D eigenvalue weighted by molar-refractivity contribution is 7.14. The van der Waals surface area contributed by atoms with Crippen molar-refractivity contribution in [1.82, 2.24) is 9.88 Å². The van der Waals surface area contributed by atoms with Crippen molar-refractivity contribution in [2.24, 2.45) is 5.92 Å². The van der Waals surface area contributed by atoms with E-state index < -0.39 is 0 Å². The summed E-state index contributed by atoms with van der Waals surface area (Å²) in [5, 5.41) is 5.42. The van der Waals surface area contributed by atoms with E-state index in [9.17, 15) is 9.59 Å². The van der Waals surface area contributed by atoms with Crippen LogP contribution in [0.15, 0.2) is 23.6 Å². The summed E-state index contributed by atoms with van der Waals surface area (Å²) < 4.78 is 5.45. The molecular formula is C19H19N3O3S. The highest BCUT2D eigenvalue weighted by Gasteiger charge is 2.41. The zero-order valence-corrected chi connectivity index (χ0v) is 15.1. The first-order valence-electron chi connectivity index (χ1n) is 8.93. The third kappa shape index (κ3) is 2.91. The van der Waals surface area contributed by atoms with Crippen LogP contribution in [0.3, 0.4) is 0 Å². The Kier molecular flexibility index (Phi) is 3.79. The van der Waals surface area contributed by atoms with Crippen molar-refractivity contribution in [2.75, 3.05) is 11.9 Å². The Hall–Kier alpha value is -2.25. The number of nitrogens with one attached hydrogen (secondary N) is 1. The van der Waals surface area contributed by atoms with Gasteiger partial charge in [0, 0.05) is 30.0 Å². The van der Waals surface area contributed by atoms with Gasteiger partial charge < -0.3 is 15.0 Å². The maximum absolute atomic E-state index is 12.5. The largest absolute Gasteiger partial charge is 0.372 e. The lowest BCUT2D eigenvalue weighted by Crippen LogP contribution is -2.29. The minimum Gasteiger partial charge on any atom is -0.372 e. The van der Waals surface area contributed by atoms with E-state index in [0.717, 1.165) is 24.1 Å². The standard InChI is InChI=1S/C19H19N3O3S/c23-17-6-13(7-22(17)15-3-4-15)18(24)21-19-20-16(10-26-19)11-1-2-12-8-25-9-14(12)5-11/h1-2,5,10,13,15H,3-4,6-9H2,(H,20,21,24)/t13-/m1/s1. The molecule has 1 saturated heterocycles. The number of fused-ring (bicyclic) bond motifs is 1. The van der Waals surface area contributed by atoms with Crippen LogP contribution in [0, 0.1) is 5.92 Å². The van der Waals surface area contributed by atoms with Gasteiger partial charge >= 0.3 is 0 Å². The molecule has 0 bridgehead atoms. The molecule has 1 aromatic carbocycles. The number of likely N-dealkylation sites (tertiary alicyclic amines) is 1. The van der Waals surface area contributed by atoms with Gasteiger partial charge in [-0.25, -0.2) is 4.98 Å². The van der Waals surface area contributed by atoms with E-state index in [2.05, 4.69) is 22.4 Å². The summed E-state index contributed by atoms with van der Waals surface area (Å²) in [6.45, 7) is 1.86. The Morgan fingerprint density at radius 2 is 2.12 bits per heavy atom. The molecule has 0 radical (unpaired) electrons. The first-order chi connectivity index (χ1) is 12.7. The van der Waals surface area contributed by atoms with Crippen LogP contribution in [-0.4, -0.2) is 34.3 Å². The van der Waals surface area contributed by atoms with Crippen molar-refractivity contribution in [3.05, 3.63) is 34.7 Å². The van der Waals surface area contributed by atoms with E-state index >= 15 is 0 Å². The summed E-state index contributed by atoms with van der Waals surface area (Å²) >= 11 is 1.41. The number of hydrogen-bond acceptors (Lipinski definition) is 5. The van der Waals surface area contributed by atoms with Crippen LogP contribution in [0.5, 0.6) is 0 Å². The molecular weight excluding hydrogens is 350 g/mol. The zero-order chi connectivity index (χ0) is 17.7. The van der Waals surface area contributed by atoms with E-state index in [4.69, 9.17) is 4.74 Å². The van der Waals surface area contributed by atoms with Crippen LogP contribution in [-0.2, 0) is 27.5 Å². The number of carbonyl (C=O) groups excluding carboxylic acids is 2. The second-order valence-corrected chi connectivity index (χ2v) is 8.04. The topological polar surface area (TPSA) is 71.5 Å².